The van der Waals surface area contributed by atoms with E-state index in [-0.39, 0.29) is 0 Å². The molecule has 0 radical (unpaired) electrons. The number of nitrogens with one attached hydrogen (secondary N) is 1. The molecule has 25 heavy (non-hydrogen) atoms. The first-order valence-corrected chi connectivity index (χ1v) is 9.61. The highest BCUT2D eigenvalue weighted by Gasteiger charge is 2.39. The van der Waals surface area contributed by atoms with Crippen molar-refractivity contribution in [2.45, 2.75) is 58.9 Å². The summed E-state index contributed by atoms with van der Waals surface area (Å²) in [5.74, 6) is 1.69. The molecule has 0 amide bonds. The van der Waals surface area contributed by atoms with Gasteiger partial charge in [-0.05, 0) is 66.8 Å². The summed E-state index contributed by atoms with van der Waals surface area (Å²) in [5.41, 5.74) is 10.0. The highest BCUT2D eigenvalue weighted by Crippen LogP contribution is 2.52. The fraction of sp³-hybridized carbons (Fsp3) is 0.417. The Kier molecular flexibility index (Phi) is 3.98. The first kappa shape index (κ1) is 16.4. The smallest absolute Gasteiger partial charge is 0.0559 e. The Morgan fingerprint density at radius 3 is 2.44 bits per heavy atom. The van der Waals surface area contributed by atoms with Crippen LogP contribution in [-0.2, 0) is 0 Å². The van der Waals surface area contributed by atoms with Crippen LogP contribution < -0.4 is 5.32 Å². The van der Waals surface area contributed by atoms with Gasteiger partial charge >= 0.3 is 0 Å². The SMILES string of the molecule is Cc1cc(C)c(C2Nc3c(C(C)C)cccc3C3C=CCC32)c(C)c1. The molecular weight excluding hydrogens is 302 g/mol. The zero-order valence-corrected chi connectivity index (χ0v) is 16.1. The molecule has 2 aromatic rings. The van der Waals surface area contributed by atoms with Crippen molar-refractivity contribution in [1.29, 1.82) is 0 Å². The number of aryl methyl sites for hydroxylation is 3. The topological polar surface area (TPSA) is 12.0 Å². The van der Waals surface area contributed by atoms with E-state index < -0.39 is 0 Å². The average molecular weight is 332 g/mol. The second-order valence-electron chi connectivity index (χ2n) is 8.25. The van der Waals surface area contributed by atoms with Crippen LogP contribution >= 0.6 is 0 Å². The Hall–Kier alpha value is -2.02. The molecule has 2 aliphatic rings. The number of para-hydroxylation sites is 1. The van der Waals surface area contributed by atoms with Crippen LogP contribution in [0.1, 0.15) is 71.5 Å². The first-order chi connectivity index (χ1) is 12.0. The molecule has 0 saturated carbocycles. The Labute approximate surface area is 152 Å². The molecule has 1 N–H and O–H groups in total. The maximum atomic E-state index is 4.00. The van der Waals surface area contributed by atoms with Crippen molar-refractivity contribution < 1.29 is 0 Å². The van der Waals surface area contributed by atoms with E-state index in [1.54, 1.807) is 0 Å². The third-order valence-corrected chi connectivity index (χ3v) is 6.10. The lowest BCUT2D eigenvalue weighted by Crippen LogP contribution is -2.31. The molecule has 0 fully saturated rings. The lowest BCUT2D eigenvalue weighted by Gasteiger charge is -2.40. The number of benzene rings is 2. The Morgan fingerprint density at radius 2 is 1.76 bits per heavy atom. The zero-order chi connectivity index (χ0) is 17.7. The van der Waals surface area contributed by atoms with Gasteiger partial charge in [-0.2, -0.15) is 0 Å². The summed E-state index contributed by atoms with van der Waals surface area (Å²) >= 11 is 0. The van der Waals surface area contributed by atoms with E-state index >= 15 is 0 Å². The van der Waals surface area contributed by atoms with Crippen LogP contribution in [0.15, 0.2) is 42.5 Å². The molecule has 2 aromatic carbocycles. The van der Waals surface area contributed by atoms with Gasteiger partial charge in [-0.15, -0.1) is 0 Å². The molecule has 4 rings (SSSR count). The van der Waals surface area contributed by atoms with Crippen molar-refractivity contribution in [2.24, 2.45) is 5.92 Å². The van der Waals surface area contributed by atoms with E-state index in [1.165, 1.54) is 45.5 Å². The van der Waals surface area contributed by atoms with Crippen LogP contribution in [0.2, 0.25) is 0 Å². The minimum atomic E-state index is 0.396. The van der Waals surface area contributed by atoms with Crippen LogP contribution in [0.25, 0.3) is 0 Å². The zero-order valence-electron chi connectivity index (χ0n) is 16.1. The molecule has 130 valence electrons. The maximum absolute atomic E-state index is 4.00. The minimum Gasteiger partial charge on any atom is -0.377 e. The van der Waals surface area contributed by atoms with Crippen LogP contribution in [0.5, 0.6) is 0 Å². The maximum Gasteiger partial charge on any atom is 0.0559 e. The number of anilines is 1. The molecule has 1 heteroatoms. The number of hydrogen-bond donors (Lipinski definition) is 1. The van der Waals surface area contributed by atoms with Crippen LogP contribution in [0.4, 0.5) is 5.69 Å². The predicted molar refractivity (Wildman–Crippen MR) is 108 cm³/mol. The van der Waals surface area contributed by atoms with Gasteiger partial charge in [0.15, 0.2) is 0 Å². The van der Waals surface area contributed by atoms with Gasteiger partial charge in [0, 0.05) is 11.6 Å². The van der Waals surface area contributed by atoms with Crippen molar-refractivity contribution in [3.63, 3.8) is 0 Å². The van der Waals surface area contributed by atoms with E-state index in [9.17, 15) is 0 Å². The van der Waals surface area contributed by atoms with Gasteiger partial charge in [0.25, 0.3) is 0 Å². The van der Waals surface area contributed by atoms with E-state index in [4.69, 9.17) is 0 Å². The normalized spacial score (nSPS) is 24.2. The summed E-state index contributed by atoms with van der Waals surface area (Å²) in [6.07, 6.45) is 6.00. The van der Waals surface area contributed by atoms with Crippen LogP contribution in [-0.4, -0.2) is 0 Å². The first-order valence-electron chi connectivity index (χ1n) is 9.61. The highest BCUT2D eigenvalue weighted by atomic mass is 15.0. The summed E-state index contributed by atoms with van der Waals surface area (Å²) in [5, 5.41) is 4.00. The molecule has 1 nitrogen and oxygen atoms in total. The van der Waals surface area contributed by atoms with E-state index in [0.717, 1.165) is 0 Å². The van der Waals surface area contributed by atoms with Gasteiger partial charge in [0.2, 0.25) is 0 Å². The quantitative estimate of drug-likeness (QED) is 0.614. The second kappa shape index (κ2) is 6.05. The summed E-state index contributed by atoms with van der Waals surface area (Å²) in [6, 6.07) is 11.9. The van der Waals surface area contributed by atoms with Gasteiger partial charge in [0.1, 0.15) is 0 Å². The fourth-order valence-electron chi connectivity index (χ4n) is 5.09. The van der Waals surface area contributed by atoms with E-state index in [1.807, 2.05) is 0 Å². The second-order valence-corrected chi connectivity index (χ2v) is 8.25. The summed E-state index contributed by atoms with van der Waals surface area (Å²) < 4.78 is 0. The molecule has 3 atom stereocenters. The largest absolute Gasteiger partial charge is 0.377 e. The van der Waals surface area contributed by atoms with Gasteiger partial charge in [0.05, 0.1) is 6.04 Å². The number of fused-ring (bicyclic) bond motifs is 3. The minimum absolute atomic E-state index is 0.396. The lowest BCUT2D eigenvalue weighted by molar-refractivity contribution is 0.422. The average Bonchev–Trinajstić information content (AvgIpc) is 3.03. The summed E-state index contributed by atoms with van der Waals surface area (Å²) in [4.78, 5) is 0. The molecule has 3 unspecified atom stereocenters. The third-order valence-electron chi connectivity index (χ3n) is 6.10. The third kappa shape index (κ3) is 2.61. The van der Waals surface area contributed by atoms with E-state index in [0.29, 0.717) is 23.8 Å². The molecule has 0 spiro atoms. The summed E-state index contributed by atoms with van der Waals surface area (Å²) in [6.45, 7) is 11.3. The van der Waals surface area contributed by atoms with Crippen molar-refractivity contribution in [1.82, 2.24) is 0 Å². The van der Waals surface area contributed by atoms with Crippen LogP contribution in [0, 0.1) is 26.7 Å². The van der Waals surface area contributed by atoms with Crippen molar-refractivity contribution in [2.75, 3.05) is 5.32 Å². The predicted octanol–water partition coefficient (Wildman–Crippen LogP) is 6.56. The monoisotopic (exact) mass is 331 g/mol. The molecule has 0 aromatic heterocycles. The van der Waals surface area contributed by atoms with Crippen molar-refractivity contribution in [3.05, 3.63) is 75.9 Å². The highest BCUT2D eigenvalue weighted by molar-refractivity contribution is 5.65. The molecular formula is C24H29N. The van der Waals surface area contributed by atoms with Gasteiger partial charge in [-0.25, -0.2) is 0 Å². The van der Waals surface area contributed by atoms with E-state index in [2.05, 4.69) is 82.4 Å². The Balaban J connectivity index is 1.88. The van der Waals surface area contributed by atoms with Crippen molar-refractivity contribution in [3.8, 4) is 0 Å². The van der Waals surface area contributed by atoms with Gasteiger partial charge in [-0.3, -0.25) is 0 Å². The number of rotatable bonds is 2. The molecule has 0 bridgehead atoms. The molecule has 1 aliphatic carbocycles. The number of hydrogen-bond acceptors (Lipinski definition) is 1. The van der Waals surface area contributed by atoms with Gasteiger partial charge in [-0.1, -0.05) is 61.9 Å². The molecule has 0 saturated heterocycles. The van der Waals surface area contributed by atoms with Gasteiger partial charge < -0.3 is 5.32 Å². The van der Waals surface area contributed by atoms with Crippen molar-refractivity contribution >= 4 is 5.69 Å². The molecule has 1 aliphatic heterocycles. The lowest BCUT2D eigenvalue weighted by atomic mass is 9.74. The standard InChI is InChI=1S/C24H29N/c1-14(2)18-8-6-10-20-19-9-7-11-21(19)24(25-23(18)20)22-16(4)12-15(3)13-17(22)5/h6-10,12-14,19,21,24-25H,11H2,1-5H3. The molecule has 1 heterocycles. The number of allylic oxidation sites excluding steroid dienone is 2. The summed E-state index contributed by atoms with van der Waals surface area (Å²) in [7, 11) is 0. The Bertz CT molecular complexity index is 820. The van der Waals surface area contributed by atoms with Crippen LogP contribution in [0.3, 0.4) is 0 Å². The Morgan fingerprint density at radius 1 is 1.04 bits per heavy atom. The fourth-order valence-corrected chi connectivity index (χ4v) is 5.09.